The van der Waals surface area contributed by atoms with Crippen molar-refractivity contribution in [1.29, 1.82) is 0 Å². The van der Waals surface area contributed by atoms with Gasteiger partial charge in [0.25, 0.3) is 0 Å². The Morgan fingerprint density at radius 2 is 1.71 bits per heavy atom. The third-order valence-corrected chi connectivity index (χ3v) is 6.88. The Balaban J connectivity index is 2.42. The number of hydrogen-bond donors (Lipinski definition) is 1. The molecule has 0 bridgehead atoms. The van der Waals surface area contributed by atoms with Gasteiger partial charge in [0.2, 0.25) is 0 Å². The quantitative estimate of drug-likeness (QED) is 0.795. The largest absolute Gasteiger partial charge is 0.391 e. The Hall–Kier alpha value is -0.920. The number of rotatable bonds is 2. The molecular weight excluding hydrogens is 264 g/mol. The first kappa shape index (κ1) is 12.5. The van der Waals surface area contributed by atoms with E-state index in [1.54, 1.807) is 18.2 Å². The lowest BCUT2D eigenvalue weighted by molar-refractivity contribution is 0.204. The van der Waals surface area contributed by atoms with Gasteiger partial charge in [-0.25, -0.2) is 16.8 Å². The second-order valence-corrected chi connectivity index (χ2v) is 8.36. The maximum Gasteiger partial charge on any atom is 0.184 e. The van der Waals surface area contributed by atoms with Crippen LogP contribution >= 0.6 is 0 Å². The van der Waals surface area contributed by atoms with Gasteiger partial charge in [0, 0.05) is 0 Å². The molecule has 1 aromatic carbocycles. The second-order valence-electron chi connectivity index (χ2n) is 4.04. The van der Waals surface area contributed by atoms with Crippen molar-refractivity contribution in [3.8, 4) is 0 Å². The van der Waals surface area contributed by atoms with Crippen molar-refractivity contribution in [1.82, 2.24) is 0 Å². The molecule has 0 spiro atoms. The summed E-state index contributed by atoms with van der Waals surface area (Å²) < 4.78 is 46.8. The van der Waals surface area contributed by atoms with Crippen LogP contribution in [-0.2, 0) is 19.7 Å². The Labute approximate surface area is 99.9 Å². The zero-order valence-corrected chi connectivity index (χ0v) is 10.5. The average Bonchev–Trinajstić information content (AvgIpc) is 2.54. The molecule has 0 aliphatic carbocycles. The van der Waals surface area contributed by atoms with E-state index in [-0.39, 0.29) is 4.90 Å². The lowest BCUT2D eigenvalue weighted by atomic mass is 10.3. The minimum absolute atomic E-state index is 0.0427. The molecule has 2 rings (SSSR count). The van der Waals surface area contributed by atoms with Crippen molar-refractivity contribution in [3.63, 3.8) is 0 Å². The minimum Gasteiger partial charge on any atom is -0.391 e. The molecular formula is C10H12O5S2. The smallest absolute Gasteiger partial charge is 0.184 e. The van der Waals surface area contributed by atoms with Crippen molar-refractivity contribution < 1.29 is 21.9 Å². The van der Waals surface area contributed by atoms with Crippen molar-refractivity contribution in [2.45, 2.75) is 16.2 Å². The monoisotopic (exact) mass is 276 g/mol. The molecule has 17 heavy (non-hydrogen) atoms. The van der Waals surface area contributed by atoms with E-state index in [2.05, 4.69) is 0 Å². The van der Waals surface area contributed by atoms with Gasteiger partial charge in [-0.2, -0.15) is 0 Å². The van der Waals surface area contributed by atoms with E-state index in [0.717, 1.165) is 0 Å². The van der Waals surface area contributed by atoms with Crippen molar-refractivity contribution in [2.75, 3.05) is 11.5 Å². The molecule has 1 aliphatic heterocycles. The van der Waals surface area contributed by atoms with Gasteiger partial charge >= 0.3 is 0 Å². The number of hydrogen-bond acceptors (Lipinski definition) is 5. The molecule has 1 heterocycles. The number of benzene rings is 1. The van der Waals surface area contributed by atoms with Crippen LogP contribution in [-0.4, -0.2) is 44.8 Å². The van der Waals surface area contributed by atoms with Crippen LogP contribution in [0.25, 0.3) is 0 Å². The molecule has 5 nitrogen and oxygen atoms in total. The Morgan fingerprint density at radius 3 is 2.18 bits per heavy atom. The Kier molecular flexibility index (Phi) is 3.01. The van der Waals surface area contributed by atoms with Gasteiger partial charge in [-0.3, -0.25) is 0 Å². The van der Waals surface area contributed by atoms with E-state index in [4.69, 9.17) is 0 Å². The van der Waals surface area contributed by atoms with Crippen LogP contribution < -0.4 is 0 Å². The third kappa shape index (κ3) is 2.36. The number of sulfone groups is 2. The van der Waals surface area contributed by atoms with E-state index in [1.165, 1.54) is 12.1 Å². The van der Waals surface area contributed by atoms with Gasteiger partial charge in [-0.1, -0.05) is 18.2 Å². The third-order valence-electron chi connectivity index (χ3n) is 2.74. The molecule has 94 valence electrons. The summed E-state index contributed by atoms with van der Waals surface area (Å²) in [5.74, 6) is -0.991. The van der Waals surface area contributed by atoms with Crippen LogP contribution in [0.3, 0.4) is 0 Å². The molecule has 1 fully saturated rings. The Morgan fingerprint density at radius 1 is 1.12 bits per heavy atom. The predicted molar refractivity (Wildman–Crippen MR) is 62.1 cm³/mol. The second kappa shape index (κ2) is 4.08. The van der Waals surface area contributed by atoms with E-state index in [1.807, 2.05) is 0 Å². The van der Waals surface area contributed by atoms with Crippen molar-refractivity contribution >= 4 is 19.7 Å². The van der Waals surface area contributed by atoms with Gasteiger partial charge in [-0.05, 0) is 12.1 Å². The molecule has 1 aliphatic rings. The molecule has 0 unspecified atom stereocenters. The fraction of sp³-hybridized carbons (Fsp3) is 0.400. The highest BCUT2D eigenvalue weighted by Gasteiger charge is 2.44. The van der Waals surface area contributed by atoms with Gasteiger partial charge in [0.1, 0.15) is 5.25 Å². The summed E-state index contributed by atoms with van der Waals surface area (Å²) in [4.78, 5) is 0.0427. The topological polar surface area (TPSA) is 88.5 Å². The highest BCUT2D eigenvalue weighted by Crippen LogP contribution is 2.25. The summed E-state index contributed by atoms with van der Waals surface area (Å²) in [5, 5.41) is 8.31. The van der Waals surface area contributed by atoms with Crippen LogP contribution in [0.2, 0.25) is 0 Å². The van der Waals surface area contributed by atoms with E-state index >= 15 is 0 Å². The maximum absolute atomic E-state index is 12.1. The van der Waals surface area contributed by atoms with E-state index in [9.17, 15) is 21.9 Å². The highest BCUT2D eigenvalue weighted by molar-refractivity contribution is 7.96. The lowest BCUT2D eigenvalue weighted by Gasteiger charge is -2.13. The van der Waals surface area contributed by atoms with Gasteiger partial charge in [-0.15, -0.1) is 0 Å². The molecule has 2 atom stereocenters. The van der Waals surface area contributed by atoms with Crippen LogP contribution in [0.15, 0.2) is 35.2 Å². The molecule has 1 saturated heterocycles. The summed E-state index contributed by atoms with van der Waals surface area (Å²) in [5.41, 5.74) is 0. The summed E-state index contributed by atoms with van der Waals surface area (Å²) in [7, 11) is -7.25. The molecule has 0 saturated carbocycles. The van der Waals surface area contributed by atoms with Gasteiger partial charge in [0.05, 0.1) is 22.5 Å². The lowest BCUT2D eigenvalue weighted by Crippen LogP contribution is -2.32. The molecule has 0 aromatic heterocycles. The van der Waals surface area contributed by atoms with Crippen molar-refractivity contribution in [3.05, 3.63) is 30.3 Å². The normalized spacial score (nSPS) is 28.1. The fourth-order valence-corrected chi connectivity index (χ4v) is 6.35. The van der Waals surface area contributed by atoms with Crippen molar-refractivity contribution in [2.24, 2.45) is 0 Å². The van der Waals surface area contributed by atoms with Crippen LogP contribution in [0.4, 0.5) is 0 Å². The van der Waals surface area contributed by atoms with E-state index < -0.39 is 42.5 Å². The van der Waals surface area contributed by atoms with Crippen LogP contribution in [0.1, 0.15) is 0 Å². The summed E-state index contributed by atoms with van der Waals surface area (Å²) in [6.45, 7) is 0. The fourth-order valence-electron chi connectivity index (χ4n) is 1.88. The predicted octanol–water partition coefficient (Wildman–Crippen LogP) is -0.382. The maximum atomic E-state index is 12.1. The Bertz CT molecular complexity index is 603. The summed E-state index contributed by atoms with van der Waals surface area (Å²) >= 11 is 0. The first-order chi connectivity index (χ1) is 7.83. The standard InChI is InChI=1S/C10H12O5S2/c11-9-6-16(12,13)7-10(9)17(14,15)8-4-2-1-3-5-8/h1-5,9-11H,6-7H2/t9-,10-/m0/s1. The summed E-state index contributed by atoms with van der Waals surface area (Å²) in [6.07, 6.45) is -1.34. The minimum atomic E-state index is -3.79. The van der Waals surface area contributed by atoms with Gasteiger partial charge in [0.15, 0.2) is 19.7 Å². The molecule has 7 heteroatoms. The average molecular weight is 276 g/mol. The molecule has 0 amide bonds. The summed E-state index contributed by atoms with van der Waals surface area (Å²) in [6, 6.07) is 7.58. The molecule has 0 radical (unpaired) electrons. The first-order valence-corrected chi connectivity index (χ1v) is 8.37. The number of aliphatic hydroxyl groups excluding tert-OH is 1. The zero-order valence-electron chi connectivity index (χ0n) is 8.85. The first-order valence-electron chi connectivity index (χ1n) is 5.00. The highest BCUT2D eigenvalue weighted by atomic mass is 32.2. The van der Waals surface area contributed by atoms with Gasteiger partial charge < -0.3 is 5.11 Å². The molecule has 1 aromatic rings. The zero-order chi connectivity index (χ0) is 12.7. The van der Waals surface area contributed by atoms with Crippen LogP contribution in [0, 0.1) is 0 Å². The van der Waals surface area contributed by atoms with Crippen LogP contribution in [0.5, 0.6) is 0 Å². The SMILES string of the molecule is O=S1(=O)C[C@H](O)[C@@H](S(=O)(=O)c2ccccc2)C1. The number of aliphatic hydroxyl groups is 1. The molecule has 1 N–H and O–H groups in total. The van der Waals surface area contributed by atoms with E-state index in [0.29, 0.717) is 0 Å².